The number of carbonyl (C=O) groups excluding carboxylic acids is 1. The summed E-state index contributed by atoms with van der Waals surface area (Å²) in [5.41, 5.74) is 0. The van der Waals surface area contributed by atoms with Crippen molar-refractivity contribution in [1.82, 2.24) is 10.2 Å². The zero-order valence-electron chi connectivity index (χ0n) is 10.8. The molecule has 0 saturated carbocycles. The summed E-state index contributed by atoms with van der Waals surface area (Å²) in [6, 6.07) is -0.669. The second-order valence-electron chi connectivity index (χ2n) is 4.78. The average Bonchev–Trinajstić information content (AvgIpc) is 2.25. The van der Waals surface area contributed by atoms with Crippen molar-refractivity contribution in [3.05, 3.63) is 0 Å². The highest BCUT2D eigenvalue weighted by atomic mass is 16.4. The number of nitrogens with one attached hydrogen (secondary N) is 1. The lowest BCUT2D eigenvalue weighted by molar-refractivity contribution is -0.139. The summed E-state index contributed by atoms with van der Waals surface area (Å²) in [5.74, 6) is -0.974. The molecular formula is C12H22N2O3. The summed E-state index contributed by atoms with van der Waals surface area (Å²) in [4.78, 5) is 24.7. The number of piperidine rings is 1. The van der Waals surface area contributed by atoms with Crippen molar-refractivity contribution < 1.29 is 14.7 Å². The van der Waals surface area contributed by atoms with Crippen molar-refractivity contribution in [3.63, 3.8) is 0 Å². The van der Waals surface area contributed by atoms with Gasteiger partial charge in [-0.1, -0.05) is 6.92 Å². The van der Waals surface area contributed by atoms with Crippen LogP contribution in [0.4, 0.5) is 4.79 Å². The first-order chi connectivity index (χ1) is 7.97. The monoisotopic (exact) mass is 242 g/mol. The van der Waals surface area contributed by atoms with Crippen LogP contribution in [0.1, 0.15) is 46.5 Å². The number of nitrogens with zero attached hydrogens (tertiary/aromatic N) is 1. The standard InChI is InChI=1S/C12H22N2O3/c1-4-10(11(15)16)13-12(17)14-8(2)6-5-7-9(14)3/h8-10H,4-7H2,1-3H3,(H,13,17)(H,15,16)/t8?,9?,10-/m1/s1. The molecule has 0 spiro atoms. The number of hydrogen-bond acceptors (Lipinski definition) is 2. The maximum absolute atomic E-state index is 12.0. The molecule has 0 bridgehead atoms. The number of amides is 2. The number of hydrogen-bond donors (Lipinski definition) is 2. The molecule has 1 aliphatic rings. The number of urea groups is 1. The van der Waals surface area contributed by atoms with Crippen molar-refractivity contribution in [3.8, 4) is 0 Å². The molecule has 2 amide bonds. The van der Waals surface area contributed by atoms with Crippen molar-refractivity contribution in [2.45, 2.75) is 64.6 Å². The number of likely N-dealkylation sites (tertiary alicyclic amines) is 1. The highest BCUT2D eigenvalue weighted by molar-refractivity contribution is 5.82. The smallest absolute Gasteiger partial charge is 0.326 e. The number of rotatable bonds is 3. The van der Waals surface area contributed by atoms with Gasteiger partial charge >= 0.3 is 12.0 Å². The van der Waals surface area contributed by atoms with Crippen LogP contribution in [0, 0.1) is 0 Å². The van der Waals surface area contributed by atoms with Gasteiger partial charge in [-0.3, -0.25) is 0 Å². The molecule has 0 aromatic heterocycles. The van der Waals surface area contributed by atoms with Crippen molar-refractivity contribution in [1.29, 1.82) is 0 Å². The largest absolute Gasteiger partial charge is 0.480 e. The van der Waals surface area contributed by atoms with Gasteiger partial charge in [0.05, 0.1) is 0 Å². The van der Waals surface area contributed by atoms with E-state index >= 15 is 0 Å². The van der Waals surface area contributed by atoms with Crippen LogP contribution in [0.5, 0.6) is 0 Å². The lowest BCUT2D eigenvalue weighted by Crippen LogP contribution is -2.55. The van der Waals surface area contributed by atoms with E-state index in [9.17, 15) is 9.59 Å². The molecule has 1 saturated heterocycles. The zero-order valence-corrected chi connectivity index (χ0v) is 10.8. The molecule has 3 atom stereocenters. The summed E-state index contributed by atoms with van der Waals surface area (Å²) in [5, 5.41) is 11.5. The molecule has 0 aromatic rings. The van der Waals surface area contributed by atoms with E-state index < -0.39 is 12.0 Å². The lowest BCUT2D eigenvalue weighted by Gasteiger charge is -2.39. The molecular weight excluding hydrogens is 220 g/mol. The normalized spacial score (nSPS) is 26.4. The van der Waals surface area contributed by atoms with E-state index in [-0.39, 0.29) is 18.1 Å². The molecule has 98 valence electrons. The summed E-state index contributed by atoms with van der Waals surface area (Å²) in [6.45, 7) is 5.77. The average molecular weight is 242 g/mol. The first kappa shape index (κ1) is 13.8. The Morgan fingerprint density at radius 1 is 1.35 bits per heavy atom. The number of carboxylic acid groups (broad SMARTS) is 1. The van der Waals surface area contributed by atoms with E-state index in [1.54, 1.807) is 11.8 Å². The third kappa shape index (κ3) is 3.35. The molecule has 1 aliphatic heterocycles. The van der Waals surface area contributed by atoms with Crippen LogP contribution in [0.3, 0.4) is 0 Å². The van der Waals surface area contributed by atoms with E-state index in [2.05, 4.69) is 5.32 Å². The summed E-state index contributed by atoms with van der Waals surface area (Å²) >= 11 is 0. The Hall–Kier alpha value is -1.26. The molecule has 0 aromatic carbocycles. The van der Waals surface area contributed by atoms with Gasteiger partial charge < -0.3 is 15.3 Å². The Morgan fingerprint density at radius 2 is 1.88 bits per heavy atom. The molecule has 1 heterocycles. The quantitative estimate of drug-likeness (QED) is 0.793. The third-order valence-corrected chi connectivity index (χ3v) is 3.43. The first-order valence-corrected chi connectivity index (χ1v) is 6.29. The van der Waals surface area contributed by atoms with Gasteiger partial charge in [0.25, 0.3) is 0 Å². The molecule has 17 heavy (non-hydrogen) atoms. The van der Waals surface area contributed by atoms with E-state index in [0.29, 0.717) is 6.42 Å². The second kappa shape index (κ2) is 5.89. The Balaban J connectivity index is 2.64. The van der Waals surface area contributed by atoms with Gasteiger partial charge in [0.1, 0.15) is 6.04 Å². The highest BCUT2D eigenvalue weighted by Gasteiger charge is 2.30. The molecule has 0 radical (unpaired) electrons. The highest BCUT2D eigenvalue weighted by Crippen LogP contribution is 2.22. The molecule has 2 N–H and O–H groups in total. The van der Waals surface area contributed by atoms with Crippen molar-refractivity contribution >= 4 is 12.0 Å². The van der Waals surface area contributed by atoms with E-state index in [0.717, 1.165) is 19.3 Å². The van der Waals surface area contributed by atoms with E-state index in [4.69, 9.17) is 5.11 Å². The first-order valence-electron chi connectivity index (χ1n) is 6.29. The van der Waals surface area contributed by atoms with Crippen LogP contribution in [0.2, 0.25) is 0 Å². The zero-order chi connectivity index (χ0) is 13.0. The maximum atomic E-state index is 12.0. The van der Waals surface area contributed by atoms with Gasteiger partial charge in [-0.05, 0) is 39.5 Å². The third-order valence-electron chi connectivity index (χ3n) is 3.43. The van der Waals surface area contributed by atoms with Crippen LogP contribution in [0.25, 0.3) is 0 Å². The predicted octanol–water partition coefficient (Wildman–Crippen LogP) is 1.82. The molecule has 5 heteroatoms. The van der Waals surface area contributed by atoms with Crippen LogP contribution < -0.4 is 5.32 Å². The van der Waals surface area contributed by atoms with Gasteiger partial charge in [-0.15, -0.1) is 0 Å². The number of aliphatic carboxylic acids is 1. The SMILES string of the molecule is CC[C@@H](NC(=O)N1C(C)CCCC1C)C(=O)O. The topological polar surface area (TPSA) is 69.6 Å². The van der Waals surface area contributed by atoms with Crippen LogP contribution in [-0.4, -0.2) is 40.1 Å². The van der Waals surface area contributed by atoms with Crippen LogP contribution >= 0.6 is 0 Å². The summed E-state index contributed by atoms with van der Waals surface area (Å²) in [6.07, 6.45) is 3.50. The van der Waals surface area contributed by atoms with Gasteiger partial charge in [-0.25, -0.2) is 9.59 Å². The van der Waals surface area contributed by atoms with Crippen LogP contribution in [0.15, 0.2) is 0 Å². The molecule has 1 rings (SSSR count). The fraction of sp³-hybridized carbons (Fsp3) is 0.833. The maximum Gasteiger partial charge on any atom is 0.326 e. The minimum Gasteiger partial charge on any atom is -0.480 e. The number of carbonyl (C=O) groups is 2. The summed E-state index contributed by atoms with van der Waals surface area (Å²) < 4.78 is 0. The Bertz CT molecular complexity index is 283. The van der Waals surface area contributed by atoms with E-state index in [1.807, 2.05) is 13.8 Å². The Labute approximate surface area is 102 Å². The van der Waals surface area contributed by atoms with Gasteiger partial charge in [0.2, 0.25) is 0 Å². The molecule has 0 aliphatic carbocycles. The summed E-state index contributed by atoms with van der Waals surface area (Å²) in [7, 11) is 0. The Kier molecular flexibility index (Phi) is 4.78. The predicted molar refractivity (Wildman–Crippen MR) is 64.9 cm³/mol. The minimum absolute atomic E-state index is 0.185. The molecule has 5 nitrogen and oxygen atoms in total. The minimum atomic E-state index is -0.974. The molecule has 1 fully saturated rings. The van der Waals surface area contributed by atoms with Crippen LogP contribution in [-0.2, 0) is 4.79 Å². The second-order valence-corrected chi connectivity index (χ2v) is 4.78. The lowest BCUT2D eigenvalue weighted by atomic mass is 9.98. The number of carboxylic acids is 1. The molecule has 2 unspecified atom stereocenters. The fourth-order valence-corrected chi connectivity index (χ4v) is 2.38. The fourth-order valence-electron chi connectivity index (χ4n) is 2.38. The Morgan fingerprint density at radius 3 is 2.29 bits per heavy atom. The van der Waals surface area contributed by atoms with E-state index in [1.165, 1.54) is 0 Å². The van der Waals surface area contributed by atoms with Gasteiger partial charge in [0, 0.05) is 12.1 Å². The van der Waals surface area contributed by atoms with Crippen molar-refractivity contribution in [2.24, 2.45) is 0 Å². The van der Waals surface area contributed by atoms with Gasteiger partial charge in [-0.2, -0.15) is 0 Å². The van der Waals surface area contributed by atoms with Crippen molar-refractivity contribution in [2.75, 3.05) is 0 Å². The van der Waals surface area contributed by atoms with Gasteiger partial charge in [0.15, 0.2) is 0 Å².